The van der Waals surface area contributed by atoms with Gasteiger partial charge in [-0.1, -0.05) is 23.7 Å². The lowest BCUT2D eigenvalue weighted by atomic mass is 10.0. The number of hydrogen-bond acceptors (Lipinski definition) is 3. The van der Waals surface area contributed by atoms with E-state index in [0.717, 1.165) is 28.8 Å². The Labute approximate surface area is 185 Å². The van der Waals surface area contributed by atoms with E-state index in [9.17, 15) is 18.0 Å². The van der Waals surface area contributed by atoms with Crippen LogP contribution in [0.5, 0.6) is 0 Å². The number of pyridine rings is 1. The van der Waals surface area contributed by atoms with Gasteiger partial charge < -0.3 is 10.6 Å². The summed E-state index contributed by atoms with van der Waals surface area (Å²) in [6.45, 7) is 0. The molecule has 2 aromatic heterocycles. The fourth-order valence-corrected chi connectivity index (χ4v) is 3.34. The Bertz CT molecular complexity index is 1260. The van der Waals surface area contributed by atoms with Crippen LogP contribution in [0.15, 0.2) is 73.2 Å². The van der Waals surface area contributed by atoms with Crippen molar-refractivity contribution >= 4 is 29.0 Å². The first kappa shape index (κ1) is 21.4. The Morgan fingerprint density at radius 3 is 2.38 bits per heavy atom. The number of carbonyl (C=O) groups excluding carboxylic acids is 1. The lowest BCUT2D eigenvalue weighted by Gasteiger charge is -2.12. The van der Waals surface area contributed by atoms with Gasteiger partial charge in [-0.2, -0.15) is 18.3 Å². The van der Waals surface area contributed by atoms with Gasteiger partial charge in [0.25, 0.3) is 0 Å². The zero-order chi connectivity index (χ0) is 22.7. The lowest BCUT2D eigenvalue weighted by molar-refractivity contribution is -0.137. The highest BCUT2D eigenvalue weighted by Crippen LogP contribution is 2.36. The van der Waals surface area contributed by atoms with Crippen LogP contribution in [0.3, 0.4) is 0 Å². The van der Waals surface area contributed by atoms with Crippen molar-refractivity contribution in [1.29, 1.82) is 0 Å². The largest absolute Gasteiger partial charge is 0.417 e. The van der Waals surface area contributed by atoms with Crippen LogP contribution in [0.4, 0.5) is 29.3 Å². The molecule has 2 amide bonds. The third kappa shape index (κ3) is 4.73. The molecule has 0 unspecified atom stereocenters. The summed E-state index contributed by atoms with van der Waals surface area (Å²) >= 11 is 5.61. The smallest absolute Gasteiger partial charge is 0.308 e. The highest BCUT2D eigenvalue weighted by Gasteiger charge is 2.33. The molecular weight excluding hydrogens is 443 g/mol. The van der Waals surface area contributed by atoms with Crippen molar-refractivity contribution in [3.8, 4) is 22.4 Å². The van der Waals surface area contributed by atoms with Gasteiger partial charge in [0, 0.05) is 41.1 Å². The van der Waals surface area contributed by atoms with Crippen LogP contribution in [0.2, 0.25) is 5.02 Å². The van der Waals surface area contributed by atoms with Gasteiger partial charge in [0.05, 0.1) is 16.3 Å². The number of nitrogens with one attached hydrogen (secondary N) is 3. The van der Waals surface area contributed by atoms with Gasteiger partial charge in [-0.15, -0.1) is 0 Å². The standard InChI is InChI=1S/C22H15ClF3N5O/c23-19-5-4-16(11-18(19)22(24,25)26)30-21(32)29-15-3-1-2-14(10-15)20-17(12-28-31-20)13-6-8-27-9-7-13/h1-12H,(H,28,31)(H2,29,30,32). The molecule has 32 heavy (non-hydrogen) atoms. The molecule has 4 aromatic rings. The molecule has 2 aromatic carbocycles. The van der Waals surface area contributed by atoms with Crippen molar-refractivity contribution in [2.75, 3.05) is 10.6 Å². The number of alkyl halides is 3. The average molecular weight is 458 g/mol. The summed E-state index contributed by atoms with van der Waals surface area (Å²) in [6, 6.07) is 13.1. The molecule has 0 aliphatic rings. The monoisotopic (exact) mass is 457 g/mol. The van der Waals surface area contributed by atoms with Gasteiger partial charge in [0.2, 0.25) is 0 Å². The van der Waals surface area contributed by atoms with Crippen LogP contribution < -0.4 is 10.6 Å². The van der Waals surface area contributed by atoms with E-state index in [4.69, 9.17) is 11.6 Å². The maximum atomic E-state index is 13.0. The van der Waals surface area contributed by atoms with E-state index >= 15 is 0 Å². The lowest BCUT2D eigenvalue weighted by Crippen LogP contribution is -2.20. The normalized spacial score (nSPS) is 11.2. The topological polar surface area (TPSA) is 82.7 Å². The predicted octanol–water partition coefficient (Wildman–Crippen LogP) is 6.45. The number of benzene rings is 2. The molecule has 6 nitrogen and oxygen atoms in total. The summed E-state index contributed by atoms with van der Waals surface area (Å²) in [5.41, 5.74) is 2.56. The molecule has 0 aliphatic heterocycles. The number of rotatable bonds is 4. The van der Waals surface area contributed by atoms with Gasteiger partial charge in [-0.25, -0.2) is 4.79 Å². The molecular formula is C22H15ClF3N5O. The predicted molar refractivity (Wildman–Crippen MR) is 116 cm³/mol. The Balaban J connectivity index is 1.52. The number of aromatic amines is 1. The molecule has 0 bridgehead atoms. The van der Waals surface area contributed by atoms with Gasteiger partial charge in [-0.3, -0.25) is 10.1 Å². The Morgan fingerprint density at radius 1 is 0.938 bits per heavy atom. The van der Waals surface area contributed by atoms with E-state index in [1.165, 1.54) is 6.07 Å². The van der Waals surface area contributed by atoms with Gasteiger partial charge >= 0.3 is 12.2 Å². The molecule has 0 radical (unpaired) electrons. The van der Waals surface area contributed by atoms with Crippen molar-refractivity contribution in [3.05, 3.63) is 83.8 Å². The number of nitrogens with zero attached hydrogens (tertiary/aromatic N) is 2. The number of hydrogen-bond donors (Lipinski definition) is 3. The summed E-state index contributed by atoms with van der Waals surface area (Å²) < 4.78 is 39.1. The number of H-pyrrole nitrogens is 1. The van der Waals surface area contributed by atoms with E-state index in [1.807, 2.05) is 18.2 Å². The second-order valence-electron chi connectivity index (χ2n) is 6.74. The molecule has 2 heterocycles. The SMILES string of the molecule is O=C(Nc1cccc(-c2n[nH]cc2-c2ccncc2)c1)Nc1ccc(Cl)c(C(F)(F)F)c1. The summed E-state index contributed by atoms with van der Waals surface area (Å²) in [4.78, 5) is 16.4. The number of aromatic nitrogens is 3. The molecule has 162 valence electrons. The van der Waals surface area contributed by atoms with Gasteiger partial charge in [0.15, 0.2) is 0 Å². The fraction of sp³-hybridized carbons (Fsp3) is 0.0455. The van der Waals surface area contributed by atoms with Crippen LogP contribution in [-0.2, 0) is 6.18 Å². The minimum absolute atomic E-state index is 0.0392. The second kappa shape index (κ2) is 8.72. The van der Waals surface area contributed by atoms with E-state index < -0.39 is 22.8 Å². The third-order valence-corrected chi connectivity index (χ3v) is 4.88. The zero-order valence-electron chi connectivity index (χ0n) is 16.2. The molecule has 4 rings (SSSR count). The van der Waals surface area contributed by atoms with E-state index in [0.29, 0.717) is 11.4 Å². The third-order valence-electron chi connectivity index (χ3n) is 4.56. The summed E-state index contributed by atoms with van der Waals surface area (Å²) in [5.74, 6) is 0. The Kier molecular flexibility index (Phi) is 5.83. The molecule has 3 N–H and O–H groups in total. The maximum absolute atomic E-state index is 13.0. The maximum Gasteiger partial charge on any atom is 0.417 e. The highest BCUT2D eigenvalue weighted by atomic mass is 35.5. The van der Waals surface area contributed by atoms with Crippen molar-refractivity contribution in [2.24, 2.45) is 0 Å². The highest BCUT2D eigenvalue weighted by molar-refractivity contribution is 6.31. The van der Waals surface area contributed by atoms with E-state index in [1.54, 1.807) is 36.8 Å². The van der Waals surface area contributed by atoms with E-state index in [-0.39, 0.29) is 5.69 Å². The second-order valence-corrected chi connectivity index (χ2v) is 7.14. The van der Waals surface area contributed by atoms with Crippen molar-refractivity contribution in [1.82, 2.24) is 15.2 Å². The summed E-state index contributed by atoms with van der Waals surface area (Å²) in [7, 11) is 0. The number of urea groups is 1. The first-order valence-electron chi connectivity index (χ1n) is 9.30. The van der Waals surface area contributed by atoms with Gasteiger partial charge in [0.1, 0.15) is 0 Å². The van der Waals surface area contributed by atoms with Crippen LogP contribution in [-0.4, -0.2) is 21.2 Å². The molecule has 0 fully saturated rings. The number of carbonyl (C=O) groups is 1. The minimum Gasteiger partial charge on any atom is -0.308 e. The molecule has 0 aliphatic carbocycles. The summed E-state index contributed by atoms with van der Waals surface area (Å²) in [6.07, 6.45) is 0.483. The van der Waals surface area contributed by atoms with E-state index in [2.05, 4.69) is 25.8 Å². The number of halogens is 4. The minimum atomic E-state index is -4.63. The molecule has 0 saturated heterocycles. The fourth-order valence-electron chi connectivity index (χ4n) is 3.12. The molecule has 0 spiro atoms. The Hall–Kier alpha value is -3.85. The quantitative estimate of drug-likeness (QED) is 0.329. The van der Waals surface area contributed by atoms with Crippen LogP contribution in [0.25, 0.3) is 22.4 Å². The molecule has 0 saturated carbocycles. The average Bonchev–Trinajstić information content (AvgIpc) is 3.25. The number of anilines is 2. The van der Waals surface area contributed by atoms with Crippen LogP contribution in [0, 0.1) is 0 Å². The van der Waals surface area contributed by atoms with Crippen molar-refractivity contribution < 1.29 is 18.0 Å². The van der Waals surface area contributed by atoms with Crippen LogP contribution >= 0.6 is 11.6 Å². The first-order chi connectivity index (χ1) is 15.3. The molecule has 0 atom stereocenters. The van der Waals surface area contributed by atoms with Crippen molar-refractivity contribution in [3.63, 3.8) is 0 Å². The Morgan fingerprint density at radius 2 is 1.66 bits per heavy atom. The van der Waals surface area contributed by atoms with Crippen molar-refractivity contribution in [2.45, 2.75) is 6.18 Å². The summed E-state index contributed by atoms with van der Waals surface area (Å²) in [5, 5.41) is 11.7. The first-order valence-corrected chi connectivity index (χ1v) is 9.68. The number of amides is 2. The van der Waals surface area contributed by atoms with Gasteiger partial charge in [-0.05, 0) is 48.0 Å². The van der Waals surface area contributed by atoms with Crippen LogP contribution in [0.1, 0.15) is 5.56 Å². The molecule has 10 heteroatoms. The zero-order valence-corrected chi connectivity index (χ0v) is 17.0.